The van der Waals surface area contributed by atoms with Crippen molar-refractivity contribution in [1.82, 2.24) is 9.96 Å². The standard InChI is InChI=1S/2C12H28NSi2.2Cu/c2*1-12(2,3)11(10-14(4,5)6)13-15(7,8)9;;/h2*10H,1-9H3;;/q;;2*+1/b2*11-10+;;. The minimum absolute atomic E-state index is 0. The maximum Gasteiger partial charge on any atom is 1.00 e. The van der Waals surface area contributed by atoms with Gasteiger partial charge in [-0.2, -0.15) is 0 Å². The van der Waals surface area contributed by atoms with E-state index in [4.69, 9.17) is 9.96 Å². The van der Waals surface area contributed by atoms with Gasteiger partial charge in [0, 0.05) is 22.2 Å². The zero-order valence-corrected chi connectivity index (χ0v) is 30.5. The third-order valence-electron chi connectivity index (χ3n) is 3.59. The molecule has 0 saturated heterocycles. The van der Waals surface area contributed by atoms with Gasteiger partial charge in [-0.1, -0.05) is 92.2 Å². The van der Waals surface area contributed by atoms with E-state index in [1.165, 1.54) is 11.4 Å². The van der Waals surface area contributed by atoms with E-state index < -0.39 is 32.6 Å². The molecule has 0 N–H and O–H groups in total. The topological polar surface area (TPSA) is 28.2 Å². The summed E-state index contributed by atoms with van der Waals surface area (Å²) in [6.07, 6.45) is 0. The summed E-state index contributed by atoms with van der Waals surface area (Å²) in [5.41, 5.74) is 7.99. The fourth-order valence-corrected chi connectivity index (χ4v) is 7.52. The maximum absolute atomic E-state index is 5.00. The monoisotopic (exact) mass is 610 g/mol. The summed E-state index contributed by atoms with van der Waals surface area (Å²) in [4.78, 5) is 10.0. The third kappa shape index (κ3) is 25.6. The second kappa shape index (κ2) is 13.9. The molecule has 0 atom stereocenters. The molecular formula is C24H56Cu2N2Si4+2. The predicted octanol–water partition coefficient (Wildman–Crippen LogP) is 8.46. The van der Waals surface area contributed by atoms with E-state index in [2.05, 4.69) is 132 Å². The molecule has 0 fully saturated rings. The van der Waals surface area contributed by atoms with Crippen LogP contribution in [0.5, 0.6) is 0 Å². The Morgan fingerprint density at radius 1 is 0.469 bits per heavy atom. The van der Waals surface area contributed by atoms with Crippen LogP contribution in [0.4, 0.5) is 0 Å². The van der Waals surface area contributed by atoms with Crippen molar-refractivity contribution in [2.45, 2.75) is 120 Å². The molecule has 198 valence electrons. The van der Waals surface area contributed by atoms with Gasteiger partial charge in [-0.05, 0) is 39.3 Å². The largest absolute Gasteiger partial charge is 1.00 e. The van der Waals surface area contributed by atoms with E-state index in [9.17, 15) is 0 Å². The van der Waals surface area contributed by atoms with Crippen LogP contribution in [0.1, 0.15) is 41.5 Å². The predicted molar refractivity (Wildman–Crippen MR) is 153 cm³/mol. The van der Waals surface area contributed by atoms with Crippen LogP contribution in [0, 0.1) is 10.8 Å². The van der Waals surface area contributed by atoms with Crippen molar-refractivity contribution >= 4 is 32.6 Å². The molecular weight excluding hydrogens is 556 g/mol. The maximum atomic E-state index is 5.00. The van der Waals surface area contributed by atoms with E-state index in [1.54, 1.807) is 0 Å². The van der Waals surface area contributed by atoms with Gasteiger partial charge in [0.25, 0.3) is 0 Å². The Hall–Kier alpha value is 0.986. The number of allylic oxidation sites excluding steroid dienone is 2. The molecule has 0 unspecified atom stereocenters. The smallest absolute Gasteiger partial charge is 0.326 e. The molecule has 0 aromatic rings. The first-order valence-electron chi connectivity index (χ1n) is 11.5. The molecule has 2 nitrogen and oxygen atoms in total. The minimum atomic E-state index is -1.35. The summed E-state index contributed by atoms with van der Waals surface area (Å²) < 4.78 is 0. The Kier molecular flexibility index (Phi) is 17.5. The molecule has 0 heterocycles. The normalized spacial score (nSPS) is 14.4. The molecule has 8 heteroatoms. The van der Waals surface area contributed by atoms with Crippen molar-refractivity contribution < 1.29 is 34.1 Å². The van der Waals surface area contributed by atoms with Gasteiger partial charge in [-0.15, -0.1) is 0 Å². The van der Waals surface area contributed by atoms with Crippen molar-refractivity contribution in [2.24, 2.45) is 10.8 Å². The van der Waals surface area contributed by atoms with Gasteiger partial charge in [0.2, 0.25) is 0 Å². The van der Waals surface area contributed by atoms with Crippen molar-refractivity contribution in [3.8, 4) is 0 Å². The van der Waals surface area contributed by atoms with E-state index in [-0.39, 0.29) is 45.0 Å². The molecule has 0 aliphatic rings. The van der Waals surface area contributed by atoms with Crippen LogP contribution in [-0.4, -0.2) is 32.6 Å². The molecule has 0 aromatic carbocycles. The van der Waals surface area contributed by atoms with Crippen molar-refractivity contribution in [3.63, 3.8) is 0 Å². The van der Waals surface area contributed by atoms with Crippen molar-refractivity contribution in [1.29, 1.82) is 0 Å². The number of hydrogen-bond acceptors (Lipinski definition) is 0. The first-order chi connectivity index (χ1) is 12.6. The number of nitrogens with zero attached hydrogens (tertiary/aromatic N) is 2. The number of hydrogen-bond donors (Lipinski definition) is 0. The molecule has 0 aliphatic carbocycles. The second-order valence-electron chi connectivity index (χ2n) is 14.9. The Balaban J connectivity index is -0.000000231. The first kappa shape index (κ1) is 40.2. The summed E-state index contributed by atoms with van der Waals surface area (Å²) in [5, 5.41) is 0. The fourth-order valence-electron chi connectivity index (χ4n) is 2.38. The zero-order chi connectivity index (χ0) is 25.0. The van der Waals surface area contributed by atoms with Crippen LogP contribution in [0.15, 0.2) is 22.8 Å². The van der Waals surface area contributed by atoms with Crippen LogP contribution >= 0.6 is 0 Å². The molecule has 2 radical (unpaired) electrons. The van der Waals surface area contributed by atoms with E-state index in [1.807, 2.05) is 0 Å². The summed E-state index contributed by atoms with van der Waals surface area (Å²) in [5.74, 6) is 0. The van der Waals surface area contributed by atoms with Gasteiger partial charge < -0.3 is 9.96 Å². The van der Waals surface area contributed by atoms with E-state index >= 15 is 0 Å². The Morgan fingerprint density at radius 3 is 0.750 bits per heavy atom. The molecule has 0 spiro atoms. The summed E-state index contributed by atoms with van der Waals surface area (Å²) in [6.45, 7) is 41.7. The first-order valence-corrected chi connectivity index (χ1v) is 25.6. The van der Waals surface area contributed by atoms with Crippen molar-refractivity contribution in [2.75, 3.05) is 0 Å². The van der Waals surface area contributed by atoms with Crippen LogP contribution in [0.25, 0.3) is 0 Å². The molecule has 0 rings (SSSR count). The molecule has 0 saturated carbocycles. The molecule has 0 amide bonds. The van der Waals surface area contributed by atoms with Crippen LogP contribution < -0.4 is 9.96 Å². The summed E-state index contributed by atoms with van der Waals surface area (Å²) in [6, 6.07) is 0. The SMILES string of the molecule is CC(C)(C)/C(=C\[Si](C)(C)C)[N][Si](C)(C)C.CC(C)(C)/C(=C\[Si](C)(C)C)[N][Si](C)(C)C.[Cu+].[Cu+]. The van der Waals surface area contributed by atoms with Crippen LogP contribution in [-0.2, 0) is 34.1 Å². The Bertz CT molecular complexity index is 536. The molecule has 0 aliphatic heterocycles. The van der Waals surface area contributed by atoms with E-state index in [0.29, 0.717) is 0 Å². The van der Waals surface area contributed by atoms with Gasteiger partial charge in [-0.3, -0.25) is 0 Å². The zero-order valence-electron chi connectivity index (χ0n) is 24.7. The Morgan fingerprint density at radius 2 is 0.656 bits per heavy atom. The van der Waals surface area contributed by atoms with Gasteiger partial charge in [0.1, 0.15) is 0 Å². The quantitative estimate of drug-likeness (QED) is 0.270. The summed E-state index contributed by atoms with van der Waals surface area (Å²) >= 11 is 0. The van der Waals surface area contributed by atoms with Crippen LogP contribution in [0.2, 0.25) is 78.6 Å². The van der Waals surface area contributed by atoms with Gasteiger partial charge in [-0.25, -0.2) is 0 Å². The Labute approximate surface area is 229 Å². The third-order valence-corrected chi connectivity index (χ3v) is 7.69. The molecule has 0 aromatic heterocycles. The van der Waals surface area contributed by atoms with Crippen molar-refractivity contribution in [3.05, 3.63) is 22.8 Å². The molecule has 0 bridgehead atoms. The average Bonchev–Trinajstić information content (AvgIpc) is 2.28. The second-order valence-corrected chi connectivity index (χ2v) is 34.0. The van der Waals surface area contributed by atoms with Crippen LogP contribution in [0.3, 0.4) is 0 Å². The summed E-state index contributed by atoms with van der Waals surface area (Å²) in [7, 11) is -5.03. The van der Waals surface area contributed by atoms with Gasteiger partial charge in [0.05, 0.1) is 16.1 Å². The average molecular weight is 612 g/mol. The van der Waals surface area contributed by atoms with Gasteiger partial charge in [0.15, 0.2) is 16.5 Å². The van der Waals surface area contributed by atoms with Gasteiger partial charge >= 0.3 is 34.1 Å². The minimum Gasteiger partial charge on any atom is -0.326 e. The molecule has 32 heavy (non-hydrogen) atoms. The van der Waals surface area contributed by atoms with E-state index in [0.717, 1.165) is 0 Å². The fraction of sp³-hybridized carbons (Fsp3) is 0.833. The number of rotatable bonds is 6.